The molecular weight excluding hydrogens is 596 g/mol. The molecule has 9 nitrogen and oxygen atoms in total. The average Bonchev–Trinajstić information content (AvgIpc) is 3.08. The first-order chi connectivity index (χ1) is 22.9. The van der Waals surface area contributed by atoms with Gasteiger partial charge in [0.1, 0.15) is 29.9 Å². The van der Waals surface area contributed by atoms with Crippen molar-refractivity contribution in [3.63, 3.8) is 0 Å². The zero-order valence-corrected chi connectivity index (χ0v) is 26.7. The second kappa shape index (κ2) is 18.7. The fraction of sp³-hybridized carbons (Fsp3) is 0.289. The Morgan fingerprint density at radius 1 is 0.723 bits per heavy atom. The molecule has 0 aliphatic carbocycles. The van der Waals surface area contributed by atoms with Gasteiger partial charge in [0, 0.05) is 17.7 Å². The van der Waals surface area contributed by atoms with E-state index in [4.69, 9.17) is 14.2 Å². The fourth-order valence-corrected chi connectivity index (χ4v) is 4.74. The van der Waals surface area contributed by atoms with Gasteiger partial charge in [-0.15, -0.1) is 0 Å². The number of benzene rings is 4. The Morgan fingerprint density at radius 3 is 2.02 bits per heavy atom. The highest BCUT2D eigenvalue weighted by atomic mass is 16.5. The molecule has 4 aromatic carbocycles. The Balaban J connectivity index is 1.21. The lowest BCUT2D eigenvalue weighted by molar-refractivity contribution is -0.139. The SMILES string of the molecule is CCCCCCCOc1ccc(Oc2ccc(CC(NC(=O)c3ccc(NC(=O)COCc4ccccc4)cc3)C(=O)O)cc2)cc1. The predicted molar refractivity (Wildman–Crippen MR) is 181 cm³/mol. The maximum absolute atomic E-state index is 12.8. The number of hydrogen-bond donors (Lipinski definition) is 3. The summed E-state index contributed by atoms with van der Waals surface area (Å²) in [5.41, 5.74) is 2.44. The molecule has 4 rings (SSSR count). The van der Waals surface area contributed by atoms with E-state index in [0.29, 0.717) is 30.4 Å². The molecule has 2 amide bonds. The van der Waals surface area contributed by atoms with Crippen molar-refractivity contribution < 1.29 is 33.7 Å². The van der Waals surface area contributed by atoms with E-state index in [9.17, 15) is 19.5 Å². The molecule has 47 heavy (non-hydrogen) atoms. The molecule has 0 radical (unpaired) electrons. The Morgan fingerprint density at radius 2 is 1.36 bits per heavy atom. The lowest BCUT2D eigenvalue weighted by Crippen LogP contribution is -2.42. The number of amides is 2. The van der Waals surface area contributed by atoms with Gasteiger partial charge >= 0.3 is 5.97 Å². The minimum atomic E-state index is -1.15. The van der Waals surface area contributed by atoms with Crippen LogP contribution in [-0.2, 0) is 27.4 Å². The molecule has 0 bridgehead atoms. The van der Waals surface area contributed by atoms with Crippen LogP contribution in [0.15, 0.2) is 103 Å². The Labute approximate surface area is 275 Å². The van der Waals surface area contributed by atoms with E-state index in [1.54, 1.807) is 36.4 Å². The number of carbonyl (C=O) groups excluding carboxylic acids is 2. The lowest BCUT2D eigenvalue weighted by atomic mass is 10.0. The van der Waals surface area contributed by atoms with E-state index < -0.39 is 17.9 Å². The summed E-state index contributed by atoms with van der Waals surface area (Å²) in [5.74, 6) is 0.0429. The number of carboxylic acids is 1. The van der Waals surface area contributed by atoms with E-state index in [0.717, 1.165) is 23.3 Å². The normalized spacial score (nSPS) is 11.3. The maximum atomic E-state index is 12.8. The molecule has 3 N–H and O–H groups in total. The number of carboxylic acid groups (broad SMARTS) is 1. The van der Waals surface area contributed by atoms with Crippen LogP contribution in [0.3, 0.4) is 0 Å². The van der Waals surface area contributed by atoms with Crippen molar-refractivity contribution in [2.75, 3.05) is 18.5 Å². The molecule has 246 valence electrons. The standard InChI is InChI=1S/C38H42N2O7/c1-2-3-4-5-9-24-46-32-20-22-34(23-21-32)47-33-18-12-28(13-19-33)25-35(38(43)44)40-37(42)30-14-16-31(17-15-30)39-36(41)27-45-26-29-10-7-6-8-11-29/h6-8,10-23,35H,2-5,9,24-27H2,1H3,(H,39,41)(H,40,42)(H,43,44). The molecule has 1 atom stereocenters. The number of anilines is 1. The third kappa shape index (κ3) is 12.3. The largest absolute Gasteiger partial charge is 0.494 e. The van der Waals surface area contributed by atoms with E-state index in [1.165, 1.54) is 37.8 Å². The van der Waals surface area contributed by atoms with E-state index >= 15 is 0 Å². The van der Waals surface area contributed by atoms with Crippen LogP contribution < -0.4 is 20.1 Å². The highest BCUT2D eigenvalue weighted by Gasteiger charge is 2.21. The van der Waals surface area contributed by atoms with Crippen molar-refractivity contribution in [3.8, 4) is 17.2 Å². The predicted octanol–water partition coefficient (Wildman–Crippen LogP) is 7.41. The Hall–Kier alpha value is -5.15. The minimum absolute atomic E-state index is 0.0863. The number of hydrogen-bond acceptors (Lipinski definition) is 6. The molecule has 0 fully saturated rings. The highest BCUT2D eigenvalue weighted by molar-refractivity contribution is 5.97. The van der Waals surface area contributed by atoms with Crippen molar-refractivity contribution in [1.82, 2.24) is 5.32 Å². The van der Waals surface area contributed by atoms with Crippen LogP contribution >= 0.6 is 0 Å². The molecule has 9 heteroatoms. The Kier molecular flexibility index (Phi) is 13.8. The second-order valence-corrected chi connectivity index (χ2v) is 11.2. The third-order valence-corrected chi connectivity index (χ3v) is 7.32. The monoisotopic (exact) mass is 638 g/mol. The molecule has 0 aromatic heterocycles. The number of ether oxygens (including phenoxy) is 3. The van der Waals surface area contributed by atoms with Crippen LogP contribution in [0.5, 0.6) is 17.2 Å². The molecule has 0 saturated carbocycles. The van der Waals surface area contributed by atoms with Gasteiger partial charge in [-0.2, -0.15) is 0 Å². The van der Waals surface area contributed by atoms with E-state index in [1.807, 2.05) is 54.6 Å². The van der Waals surface area contributed by atoms with Crippen LogP contribution in [0.25, 0.3) is 0 Å². The molecular formula is C38H42N2O7. The van der Waals surface area contributed by atoms with Gasteiger partial charge in [0.15, 0.2) is 0 Å². The summed E-state index contributed by atoms with van der Waals surface area (Å²) in [4.78, 5) is 37.0. The van der Waals surface area contributed by atoms with Gasteiger partial charge in [-0.1, -0.05) is 75.1 Å². The quantitative estimate of drug-likeness (QED) is 0.0914. The van der Waals surface area contributed by atoms with Crippen LogP contribution in [0.2, 0.25) is 0 Å². The molecule has 1 unspecified atom stereocenters. The number of aliphatic carboxylic acids is 1. The first kappa shape index (κ1) is 34.7. The highest BCUT2D eigenvalue weighted by Crippen LogP contribution is 2.25. The number of rotatable bonds is 19. The number of carbonyl (C=O) groups is 3. The summed E-state index contributed by atoms with van der Waals surface area (Å²) in [6, 6.07) is 29.1. The average molecular weight is 639 g/mol. The van der Waals surface area contributed by atoms with Gasteiger partial charge in [0.2, 0.25) is 5.91 Å². The van der Waals surface area contributed by atoms with Crippen molar-refractivity contribution >= 4 is 23.5 Å². The first-order valence-corrected chi connectivity index (χ1v) is 15.9. The minimum Gasteiger partial charge on any atom is -0.494 e. The van der Waals surface area contributed by atoms with Crippen molar-refractivity contribution in [3.05, 3.63) is 120 Å². The lowest BCUT2D eigenvalue weighted by Gasteiger charge is -2.15. The molecule has 4 aromatic rings. The van der Waals surface area contributed by atoms with Gasteiger partial charge in [-0.3, -0.25) is 9.59 Å². The molecule has 0 aliphatic rings. The zero-order chi connectivity index (χ0) is 33.3. The van der Waals surface area contributed by atoms with E-state index in [2.05, 4.69) is 17.6 Å². The van der Waals surface area contributed by atoms with Gasteiger partial charge in [-0.05, 0) is 78.2 Å². The van der Waals surface area contributed by atoms with Crippen LogP contribution in [0, 0.1) is 0 Å². The van der Waals surface area contributed by atoms with E-state index in [-0.39, 0.29) is 24.5 Å². The van der Waals surface area contributed by atoms with Crippen molar-refractivity contribution in [2.24, 2.45) is 0 Å². The van der Waals surface area contributed by atoms with Crippen LogP contribution in [0.4, 0.5) is 5.69 Å². The van der Waals surface area contributed by atoms with Gasteiger partial charge in [0.25, 0.3) is 5.91 Å². The summed E-state index contributed by atoms with van der Waals surface area (Å²) >= 11 is 0. The maximum Gasteiger partial charge on any atom is 0.326 e. The molecule has 0 saturated heterocycles. The Bertz CT molecular complexity index is 1540. The van der Waals surface area contributed by atoms with Crippen LogP contribution in [-0.4, -0.2) is 42.1 Å². The van der Waals surface area contributed by atoms with Crippen molar-refractivity contribution in [1.29, 1.82) is 0 Å². The summed E-state index contributed by atoms with van der Waals surface area (Å²) in [6.07, 6.45) is 6.02. The molecule has 0 spiro atoms. The van der Waals surface area contributed by atoms with Gasteiger partial charge in [0.05, 0.1) is 13.2 Å². The molecule has 0 aliphatic heterocycles. The zero-order valence-electron chi connectivity index (χ0n) is 26.7. The fourth-order valence-electron chi connectivity index (χ4n) is 4.74. The van der Waals surface area contributed by atoms with Gasteiger partial charge < -0.3 is 30.0 Å². The summed E-state index contributed by atoms with van der Waals surface area (Å²) in [7, 11) is 0. The summed E-state index contributed by atoms with van der Waals surface area (Å²) in [5, 5.41) is 15.1. The second-order valence-electron chi connectivity index (χ2n) is 11.2. The smallest absolute Gasteiger partial charge is 0.326 e. The number of nitrogens with one attached hydrogen (secondary N) is 2. The summed E-state index contributed by atoms with van der Waals surface area (Å²) in [6.45, 7) is 3.10. The van der Waals surface area contributed by atoms with Gasteiger partial charge in [-0.25, -0.2) is 4.79 Å². The topological polar surface area (TPSA) is 123 Å². The van der Waals surface area contributed by atoms with Crippen LogP contribution in [0.1, 0.15) is 60.5 Å². The third-order valence-electron chi connectivity index (χ3n) is 7.32. The molecule has 0 heterocycles. The first-order valence-electron chi connectivity index (χ1n) is 15.9. The summed E-state index contributed by atoms with van der Waals surface area (Å²) < 4.78 is 17.2. The van der Waals surface area contributed by atoms with Crippen molar-refractivity contribution in [2.45, 2.75) is 58.1 Å². The number of unbranched alkanes of at least 4 members (excludes halogenated alkanes) is 4.